The molecule has 0 aromatic rings. The minimum Gasteiger partial charge on any atom is -0.287 e. The van der Waals surface area contributed by atoms with E-state index < -0.39 is 0 Å². The molecular weight excluding hydrogens is 264 g/mol. The second-order valence-corrected chi connectivity index (χ2v) is 6.64. The first kappa shape index (κ1) is 14.1. The molecule has 2 nitrogen and oxygen atoms in total. The molecule has 0 aliphatic rings. The van der Waals surface area contributed by atoms with Crippen LogP contribution in [0, 0.1) is 0 Å². The predicted molar refractivity (Wildman–Crippen MR) is 70.4 cm³/mol. The van der Waals surface area contributed by atoms with Gasteiger partial charge in [0.15, 0.2) is 10.2 Å². The van der Waals surface area contributed by atoms with Crippen molar-refractivity contribution in [1.29, 1.82) is 0 Å². The average Bonchev–Trinajstić information content (AvgIpc) is 1.80. The quantitative estimate of drug-likeness (QED) is 0.467. The lowest BCUT2D eigenvalue weighted by molar-refractivity contribution is -0.112. The summed E-state index contributed by atoms with van der Waals surface area (Å²) >= 11 is 16.4. The summed E-state index contributed by atoms with van der Waals surface area (Å²) < 4.78 is -0.619. The Morgan fingerprint density at radius 1 is 0.923 bits per heavy atom. The number of carbonyl (C=O) groups is 2. The third kappa shape index (κ3) is 9.40. The van der Waals surface area contributed by atoms with Gasteiger partial charge in [-0.2, -0.15) is 50.5 Å². The number of carbonyl (C=O) groups excluding carboxylic acids is 2. The van der Waals surface area contributed by atoms with Gasteiger partial charge in [0.2, 0.25) is 0 Å². The highest BCUT2D eigenvalue weighted by Crippen LogP contribution is 2.18. The smallest absolute Gasteiger partial charge is 0.198 e. The van der Waals surface area contributed by atoms with Crippen LogP contribution in [0.25, 0.3) is 0 Å². The molecule has 7 heteroatoms. The summed E-state index contributed by atoms with van der Waals surface area (Å²) in [6.07, 6.45) is 0.346. The van der Waals surface area contributed by atoms with E-state index in [-0.39, 0.29) is 32.2 Å². The molecule has 0 bridgehead atoms. The maximum absolute atomic E-state index is 11.0. The molecule has 0 fully saturated rings. The second-order valence-electron chi connectivity index (χ2n) is 2.22. The van der Waals surface area contributed by atoms with Crippen molar-refractivity contribution in [2.75, 3.05) is 0 Å². The number of thioether (sulfide) groups is 1. The third-order valence-corrected chi connectivity index (χ3v) is 2.45. The number of thiol groups is 4. The van der Waals surface area contributed by atoms with E-state index in [1.165, 1.54) is 0 Å². The van der Waals surface area contributed by atoms with Crippen molar-refractivity contribution in [3.05, 3.63) is 0 Å². The third-order valence-electron chi connectivity index (χ3n) is 0.926. The van der Waals surface area contributed by atoms with E-state index in [2.05, 4.69) is 50.5 Å². The van der Waals surface area contributed by atoms with Crippen molar-refractivity contribution in [1.82, 2.24) is 0 Å². The number of rotatable bonds is 4. The van der Waals surface area contributed by atoms with Gasteiger partial charge >= 0.3 is 0 Å². The van der Waals surface area contributed by atoms with Crippen molar-refractivity contribution in [2.45, 2.75) is 22.0 Å². The first-order valence-corrected chi connectivity index (χ1v) is 6.25. The molecule has 0 saturated carbocycles. The van der Waals surface area contributed by atoms with Crippen LogP contribution in [0.4, 0.5) is 0 Å². The highest BCUT2D eigenvalue weighted by Gasteiger charge is 2.14. The van der Waals surface area contributed by atoms with Gasteiger partial charge in [-0.05, 0) is 11.8 Å². The molecule has 76 valence electrons. The van der Waals surface area contributed by atoms with Gasteiger partial charge in [-0.3, -0.25) is 9.59 Å². The van der Waals surface area contributed by atoms with Crippen LogP contribution in [0.3, 0.4) is 0 Å². The lowest BCUT2D eigenvalue weighted by Crippen LogP contribution is -2.05. The Kier molecular flexibility index (Phi) is 8.01. The Morgan fingerprint density at radius 3 is 1.46 bits per heavy atom. The Labute approximate surface area is 104 Å². The van der Waals surface area contributed by atoms with Gasteiger partial charge in [-0.15, -0.1) is 0 Å². The summed E-state index contributed by atoms with van der Waals surface area (Å²) in [4.78, 5) is 22.1. The van der Waals surface area contributed by atoms with E-state index in [9.17, 15) is 9.59 Å². The fourth-order valence-corrected chi connectivity index (χ4v) is 2.42. The number of hydrogen-bond donors (Lipinski definition) is 4. The predicted octanol–water partition coefficient (Wildman–Crippen LogP) is 1.92. The minimum atomic E-state index is -0.310. The Morgan fingerprint density at radius 2 is 1.23 bits per heavy atom. The first-order valence-electron chi connectivity index (χ1n) is 3.37. The molecule has 0 atom stereocenters. The summed E-state index contributed by atoms with van der Waals surface area (Å²) in [5.74, 6) is 0. The van der Waals surface area contributed by atoms with E-state index in [1.807, 2.05) is 0 Å². The standard InChI is InChI=1S/C6H10O2S5/c7-3(1-5(9)10)13-4(8)2-6(11)12/h5-6,9-12H,1-2H2. The molecule has 0 N–H and O–H groups in total. The zero-order valence-electron chi connectivity index (χ0n) is 6.58. The molecule has 0 aliphatic carbocycles. The molecule has 0 aromatic carbocycles. The molecule has 0 spiro atoms. The van der Waals surface area contributed by atoms with Crippen molar-refractivity contribution in [3.63, 3.8) is 0 Å². The molecule has 13 heavy (non-hydrogen) atoms. The maximum Gasteiger partial charge on any atom is 0.198 e. The fourth-order valence-electron chi connectivity index (χ4n) is 0.508. The minimum absolute atomic E-state index is 0.173. The van der Waals surface area contributed by atoms with E-state index in [0.717, 1.165) is 0 Å². The number of hydrogen-bond acceptors (Lipinski definition) is 7. The Balaban J connectivity index is 3.72. The summed E-state index contributed by atoms with van der Waals surface area (Å²) in [6.45, 7) is 0. The van der Waals surface area contributed by atoms with E-state index in [0.29, 0.717) is 11.8 Å². The van der Waals surface area contributed by atoms with Gasteiger partial charge in [0, 0.05) is 12.8 Å². The Bertz CT molecular complexity index is 171. The maximum atomic E-state index is 11.0. The zero-order valence-corrected chi connectivity index (χ0v) is 11.0. The van der Waals surface area contributed by atoms with Crippen LogP contribution in [0.2, 0.25) is 0 Å². The SMILES string of the molecule is O=C(CC(S)S)SC(=O)CC(S)S. The molecule has 0 rings (SSSR count). The van der Waals surface area contributed by atoms with Gasteiger partial charge in [0.25, 0.3) is 0 Å². The normalized spacial score (nSPS) is 10.9. The highest BCUT2D eigenvalue weighted by molar-refractivity contribution is 8.26. The van der Waals surface area contributed by atoms with Crippen molar-refractivity contribution >= 4 is 72.5 Å². The molecule has 0 aromatic heterocycles. The van der Waals surface area contributed by atoms with Crippen LogP contribution in [-0.4, -0.2) is 19.4 Å². The lowest BCUT2D eigenvalue weighted by Gasteiger charge is -2.02. The molecule has 0 unspecified atom stereocenters. The molecule has 0 heterocycles. The summed E-state index contributed by atoms with van der Waals surface area (Å²) in [5.41, 5.74) is 0. The first-order chi connectivity index (χ1) is 5.91. The largest absolute Gasteiger partial charge is 0.287 e. The monoisotopic (exact) mass is 274 g/mol. The van der Waals surface area contributed by atoms with Crippen LogP contribution < -0.4 is 0 Å². The highest BCUT2D eigenvalue weighted by atomic mass is 32.2. The van der Waals surface area contributed by atoms with Crippen LogP contribution in [-0.2, 0) is 9.59 Å². The summed E-state index contributed by atoms with van der Waals surface area (Å²) in [5, 5.41) is -0.440. The van der Waals surface area contributed by atoms with Crippen molar-refractivity contribution < 1.29 is 9.59 Å². The van der Waals surface area contributed by atoms with E-state index in [1.54, 1.807) is 0 Å². The van der Waals surface area contributed by atoms with Gasteiger partial charge in [0.05, 0.1) is 9.16 Å². The van der Waals surface area contributed by atoms with Crippen LogP contribution in [0.5, 0.6) is 0 Å². The van der Waals surface area contributed by atoms with Crippen LogP contribution in [0.15, 0.2) is 0 Å². The molecule has 0 saturated heterocycles. The topological polar surface area (TPSA) is 34.1 Å². The van der Waals surface area contributed by atoms with Gasteiger partial charge in [-0.25, -0.2) is 0 Å². The Hall–Kier alpha value is 1.09. The second kappa shape index (κ2) is 7.39. The molecular formula is C6H10O2S5. The van der Waals surface area contributed by atoms with Crippen LogP contribution in [0.1, 0.15) is 12.8 Å². The molecule has 0 amide bonds. The fraction of sp³-hybridized carbons (Fsp3) is 0.667. The lowest BCUT2D eigenvalue weighted by atomic mass is 10.5. The van der Waals surface area contributed by atoms with Gasteiger partial charge in [0.1, 0.15) is 0 Å². The van der Waals surface area contributed by atoms with Gasteiger partial charge < -0.3 is 0 Å². The van der Waals surface area contributed by atoms with Crippen molar-refractivity contribution in [3.8, 4) is 0 Å². The summed E-state index contributed by atoms with van der Waals surface area (Å²) in [7, 11) is 0. The average molecular weight is 274 g/mol. The molecule has 0 aliphatic heterocycles. The molecule has 0 radical (unpaired) electrons. The van der Waals surface area contributed by atoms with Crippen LogP contribution >= 0.6 is 62.3 Å². The van der Waals surface area contributed by atoms with E-state index >= 15 is 0 Å². The van der Waals surface area contributed by atoms with E-state index in [4.69, 9.17) is 0 Å². The van der Waals surface area contributed by atoms with Gasteiger partial charge in [-0.1, -0.05) is 0 Å². The van der Waals surface area contributed by atoms with Crippen molar-refractivity contribution in [2.24, 2.45) is 0 Å². The summed E-state index contributed by atoms with van der Waals surface area (Å²) in [6, 6.07) is 0. The zero-order chi connectivity index (χ0) is 10.4.